The first kappa shape index (κ1) is 11.5. The summed E-state index contributed by atoms with van der Waals surface area (Å²) in [5.41, 5.74) is 0. The van der Waals surface area contributed by atoms with Gasteiger partial charge in [0.05, 0.1) is 13.2 Å². The second kappa shape index (κ2) is 5.41. The van der Waals surface area contributed by atoms with Crippen LogP contribution in [0.2, 0.25) is 0 Å². The van der Waals surface area contributed by atoms with Crippen LogP contribution in [0.5, 0.6) is 0 Å². The van der Waals surface area contributed by atoms with E-state index in [1.54, 1.807) is 0 Å². The van der Waals surface area contributed by atoms with Gasteiger partial charge in [0.2, 0.25) is 0 Å². The molecule has 0 saturated heterocycles. The summed E-state index contributed by atoms with van der Waals surface area (Å²) in [5, 5.41) is 11.4. The minimum Gasteiger partial charge on any atom is -0.380 e. The van der Waals surface area contributed by atoms with Crippen molar-refractivity contribution in [1.29, 1.82) is 0 Å². The molecule has 0 aromatic carbocycles. The molecule has 1 aromatic heterocycles. The van der Waals surface area contributed by atoms with Gasteiger partial charge in [0.25, 0.3) is 0 Å². The lowest BCUT2D eigenvalue weighted by molar-refractivity contribution is 0.126. The second-order valence-electron chi connectivity index (χ2n) is 4.42. The number of rotatable bonds is 7. The molecule has 0 spiro atoms. The lowest BCUT2D eigenvalue weighted by Gasteiger charge is -2.05. The maximum atomic E-state index is 5.53. The molecule has 1 saturated carbocycles. The highest BCUT2D eigenvalue weighted by Crippen LogP contribution is 2.28. The molecule has 1 aromatic rings. The molecule has 1 aliphatic carbocycles. The highest BCUT2D eigenvalue weighted by atomic mass is 16.5. The Balaban J connectivity index is 1.55. The van der Waals surface area contributed by atoms with Gasteiger partial charge >= 0.3 is 0 Å². The van der Waals surface area contributed by atoms with E-state index in [-0.39, 0.29) is 0 Å². The Morgan fingerprint density at radius 2 is 2.25 bits per heavy atom. The maximum Gasteiger partial charge on any atom is 0.146 e. The minimum absolute atomic E-state index is 0.754. The number of hydrogen-bond acceptors (Lipinski definition) is 4. The molecule has 5 heteroatoms. The van der Waals surface area contributed by atoms with Gasteiger partial charge in [0.15, 0.2) is 0 Å². The monoisotopic (exact) mass is 224 g/mol. The lowest BCUT2D eigenvalue weighted by atomic mass is 10.5. The summed E-state index contributed by atoms with van der Waals surface area (Å²) in [5.74, 6) is 2.77. The quantitative estimate of drug-likeness (QED) is 0.691. The van der Waals surface area contributed by atoms with E-state index < -0.39 is 0 Å². The molecule has 0 amide bonds. The van der Waals surface area contributed by atoms with Crippen molar-refractivity contribution in [1.82, 2.24) is 20.1 Å². The molecule has 0 atom stereocenters. The van der Waals surface area contributed by atoms with E-state index in [9.17, 15) is 0 Å². The van der Waals surface area contributed by atoms with Crippen LogP contribution in [-0.2, 0) is 18.3 Å². The van der Waals surface area contributed by atoms with E-state index in [4.69, 9.17) is 4.74 Å². The Bertz CT molecular complexity index is 333. The third kappa shape index (κ3) is 3.28. The topological polar surface area (TPSA) is 52.0 Å². The van der Waals surface area contributed by atoms with E-state index >= 15 is 0 Å². The Hall–Kier alpha value is -0.940. The predicted molar refractivity (Wildman–Crippen MR) is 61.0 cm³/mol. The van der Waals surface area contributed by atoms with Gasteiger partial charge in [-0.05, 0) is 25.7 Å². The van der Waals surface area contributed by atoms with Gasteiger partial charge in [-0.3, -0.25) is 0 Å². The van der Waals surface area contributed by atoms with Gasteiger partial charge in [0.1, 0.15) is 11.6 Å². The summed E-state index contributed by atoms with van der Waals surface area (Å²) in [6.45, 7) is 5.30. The number of nitrogens with one attached hydrogen (secondary N) is 1. The molecule has 1 N–H and O–H groups in total. The lowest BCUT2D eigenvalue weighted by Crippen LogP contribution is -2.21. The van der Waals surface area contributed by atoms with Gasteiger partial charge < -0.3 is 14.6 Å². The molecule has 0 aliphatic heterocycles. The molecule has 5 nitrogen and oxygen atoms in total. The fraction of sp³-hybridized carbons (Fsp3) is 0.818. The molecular formula is C11H20N4O. The number of ether oxygens (including phenoxy) is 1. The predicted octanol–water partition coefficient (Wildman–Crippen LogP) is 0.640. The zero-order chi connectivity index (χ0) is 11.4. The van der Waals surface area contributed by atoms with Crippen LogP contribution < -0.4 is 5.32 Å². The van der Waals surface area contributed by atoms with Crippen LogP contribution >= 0.6 is 0 Å². The first-order chi connectivity index (χ1) is 7.77. The normalized spacial score (nSPS) is 15.6. The number of hydrogen-bond donors (Lipinski definition) is 1. The van der Waals surface area contributed by atoms with E-state index in [0.717, 1.165) is 43.9 Å². The van der Waals surface area contributed by atoms with Crippen LogP contribution in [0.3, 0.4) is 0 Å². The summed E-state index contributed by atoms with van der Waals surface area (Å²) in [7, 11) is 1.98. The zero-order valence-corrected chi connectivity index (χ0v) is 10.1. The van der Waals surface area contributed by atoms with Crippen molar-refractivity contribution < 1.29 is 4.74 Å². The van der Waals surface area contributed by atoms with Gasteiger partial charge in [-0.25, -0.2) is 0 Å². The molecule has 90 valence electrons. The molecule has 1 heterocycles. The molecule has 0 unspecified atom stereocenters. The molecule has 1 aliphatic rings. The highest BCUT2D eigenvalue weighted by Gasteiger charge is 2.20. The van der Waals surface area contributed by atoms with E-state index in [2.05, 4.69) is 15.5 Å². The Labute approximate surface area is 96.2 Å². The van der Waals surface area contributed by atoms with Crippen LogP contribution in [0.4, 0.5) is 0 Å². The second-order valence-corrected chi connectivity index (χ2v) is 4.42. The maximum absolute atomic E-state index is 5.53. The average molecular weight is 224 g/mol. The summed E-state index contributed by atoms with van der Waals surface area (Å²) in [6.07, 6.45) is 2.71. The number of nitrogens with zero attached hydrogens (tertiary/aromatic N) is 3. The third-order valence-electron chi connectivity index (χ3n) is 2.94. The Morgan fingerprint density at radius 1 is 1.44 bits per heavy atom. The SMILES string of the molecule is Cc1nnc(CNCCOCC2CC2)n1C. The number of aryl methyl sites for hydroxylation is 1. The summed E-state index contributed by atoms with van der Waals surface area (Å²) >= 11 is 0. The van der Waals surface area contributed by atoms with Crippen LogP contribution in [0.1, 0.15) is 24.5 Å². The Morgan fingerprint density at radius 3 is 2.88 bits per heavy atom. The minimum atomic E-state index is 0.754. The van der Waals surface area contributed by atoms with Crippen molar-refractivity contribution in [2.24, 2.45) is 13.0 Å². The summed E-state index contributed by atoms with van der Waals surface area (Å²) in [6, 6.07) is 0. The molecule has 0 radical (unpaired) electrons. The van der Waals surface area contributed by atoms with Gasteiger partial charge in [-0.1, -0.05) is 0 Å². The van der Waals surface area contributed by atoms with Crippen LogP contribution in [0, 0.1) is 12.8 Å². The summed E-state index contributed by atoms with van der Waals surface area (Å²) in [4.78, 5) is 0. The van der Waals surface area contributed by atoms with Crippen molar-refractivity contribution in [2.75, 3.05) is 19.8 Å². The van der Waals surface area contributed by atoms with Crippen LogP contribution in [0.25, 0.3) is 0 Å². The van der Waals surface area contributed by atoms with Gasteiger partial charge in [0, 0.05) is 20.2 Å². The van der Waals surface area contributed by atoms with Gasteiger partial charge in [-0.2, -0.15) is 0 Å². The first-order valence-corrected chi connectivity index (χ1v) is 5.90. The smallest absolute Gasteiger partial charge is 0.146 e. The highest BCUT2D eigenvalue weighted by molar-refractivity contribution is 4.91. The van der Waals surface area contributed by atoms with Crippen molar-refractivity contribution in [2.45, 2.75) is 26.3 Å². The molecule has 2 rings (SSSR count). The fourth-order valence-corrected chi connectivity index (χ4v) is 1.48. The number of aromatic nitrogens is 3. The molecule has 1 fully saturated rings. The standard InChI is InChI=1S/C11H20N4O/c1-9-13-14-11(15(9)2)7-12-5-6-16-8-10-3-4-10/h10,12H,3-8H2,1-2H3. The molecule has 0 bridgehead atoms. The Kier molecular flexibility index (Phi) is 3.90. The van der Waals surface area contributed by atoms with Crippen molar-refractivity contribution >= 4 is 0 Å². The fourth-order valence-electron chi connectivity index (χ4n) is 1.48. The van der Waals surface area contributed by atoms with Crippen LogP contribution in [0.15, 0.2) is 0 Å². The van der Waals surface area contributed by atoms with E-state index in [1.165, 1.54) is 12.8 Å². The largest absolute Gasteiger partial charge is 0.380 e. The molecular weight excluding hydrogens is 204 g/mol. The van der Waals surface area contributed by atoms with Crippen molar-refractivity contribution in [3.8, 4) is 0 Å². The first-order valence-electron chi connectivity index (χ1n) is 5.90. The third-order valence-corrected chi connectivity index (χ3v) is 2.94. The van der Waals surface area contributed by atoms with Crippen LogP contribution in [-0.4, -0.2) is 34.5 Å². The van der Waals surface area contributed by atoms with E-state index in [1.807, 2.05) is 18.5 Å². The van der Waals surface area contributed by atoms with E-state index in [0.29, 0.717) is 0 Å². The van der Waals surface area contributed by atoms with Crippen molar-refractivity contribution in [3.05, 3.63) is 11.6 Å². The van der Waals surface area contributed by atoms with Crippen molar-refractivity contribution in [3.63, 3.8) is 0 Å². The molecule has 16 heavy (non-hydrogen) atoms. The summed E-state index contributed by atoms with van der Waals surface area (Å²) < 4.78 is 7.52. The average Bonchev–Trinajstić information content (AvgIpc) is 3.04. The zero-order valence-electron chi connectivity index (χ0n) is 10.1. The van der Waals surface area contributed by atoms with Gasteiger partial charge in [-0.15, -0.1) is 10.2 Å².